The van der Waals surface area contributed by atoms with Crippen molar-refractivity contribution in [2.75, 3.05) is 18.2 Å². The van der Waals surface area contributed by atoms with Crippen LogP contribution in [0.2, 0.25) is 0 Å². The predicted molar refractivity (Wildman–Crippen MR) is 106 cm³/mol. The van der Waals surface area contributed by atoms with Gasteiger partial charge in [-0.1, -0.05) is 0 Å². The summed E-state index contributed by atoms with van der Waals surface area (Å²) in [6.07, 6.45) is 3.52. The highest BCUT2D eigenvalue weighted by atomic mass is 32.2. The minimum Gasteiger partial charge on any atom is -0.497 e. The highest BCUT2D eigenvalue weighted by Gasteiger charge is 2.12. The van der Waals surface area contributed by atoms with Crippen molar-refractivity contribution in [2.24, 2.45) is 7.05 Å². The Morgan fingerprint density at radius 2 is 2.04 bits per heavy atom. The molecular formula is C19H18FN3O2S2. The number of benzene rings is 2. The first kappa shape index (κ1) is 19.3. The normalized spacial score (nSPS) is 10.6. The number of nitrogens with zero attached hydrogens (tertiary/aromatic N) is 2. The number of hydrogen-bond donors (Lipinski definition) is 1. The average Bonchev–Trinajstić information content (AvgIpc) is 3.07. The van der Waals surface area contributed by atoms with Gasteiger partial charge < -0.3 is 14.6 Å². The molecule has 1 N–H and O–H groups in total. The zero-order valence-electron chi connectivity index (χ0n) is 14.8. The van der Waals surface area contributed by atoms with Gasteiger partial charge in [0.25, 0.3) is 0 Å². The van der Waals surface area contributed by atoms with Crippen LogP contribution in [0.3, 0.4) is 0 Å². The zero-order valence-corrected chi connectivity index (χ0v) is 16.4. The lowest BCUT2D eigenvalue weighted by Crippen LogP contribution is -2.14. The maximum atomic E-state index is 13.7. The van der Waals surface area contributed by atoms with Crippen LogP contribution < -0.4 is 10.1 Å². The van der Waals surface area contributed by atoms with Crippen molar-refractivity contribution in [2.45, 2.75) is 14.9 Å². The van der Waals surface area contributed by atoms with E-state index in [4.69, 9.17) is 4.74 Å². The van der Waals surface area contributed by atoms with E-state index < -0.39 is 5.82 Å². The van der Waals surface area contributed by atoms with Crippen molar-refractivity contribution in [3.63, 3.8) is 0 Å². The number of aromatic nitrogens is 2. The van der Waals surface area contributed by atoms with Crippen LogP contribution in [0.5, 0.6) is 5.75 Å². The summed E-state index contributed by atoms with van der Waals surface area (Å²) < 4.78 is 20.7. The minimum atomic E-state index is -0.405. The van der Waals surface area contributed by atoms with Gasteiger partial charge in [-0.05, 0) is 54.2 Å². The highest BCUT2D eigenvalue weighted by Crippen LogP contribution is 2.33. The van der Waals surface area contributed by atoms with E-state index in [0.29, 0.717) is 5.69 Å². The molecule has 0 atom stereocenters. The fourth-order valence-corrected chi connectivity index (χ4v) is 3.81. The number of rotatable bonds is 7. The molecule has 0 radical (unpaired) electrons. The number of carbonyl (C=O) groups excluding carboxylic acids is 1. The largest absolute Gasteiger partial charge is 0.497 e. The van der Waals surface area contributed by atoms with Crippen molar-refractivity contribution in [1.82, 2.24) is 9.55 Å². The summed E-state index contributed by atoms with van der Waals surface area (Å²) in [5.41, 5.74) is 0.434. The second kappa shape index (κ2) is 8.96. The van der Waals surface area contributed by atoms with Gasteiger partial charge >= 0.3 is 0 Å². The number of imidazole rings is 1. The molecular weight excluding hydrogens is 385 g/mol. The van der Waals surface area contributed by atoms with Crippen LogP contribution in [0.25, 0.3) is 0 Å². The molecule has 0 saturated carbocycles. The van der Waals surface area contributed by atoms with Gasteiger partial charge in [0.05, 0.1) is 18.6 Å². The molecule has 0 aliphatic heterocycles. The van der Waals surface area contributed by atoms with Gasteiger partial charge in [-0.2, -0.15) is 0 Å². The second-order valence-electron chi connectivity index (χ2n) is 5.58. The molecule has 0 saturated heterocycles. The summed E-state index contributed by atoms with van der Waals surface area (Å²) in [6, 6.07) is 11.8. The summed E-state index contributed by atoms with van der Waals surface area (Å²) in [4.78, 5) is 18.3. The van der Waals surface area contributed by atoms with Gasteiger partial charge in [-0.15, -0.1) is 11.8 Å². The lowest BCUT2D eigenvalue weighted by molar-refractivity contribution is -0.113. The Bertz CT molecular complexity index is 929. The number of carbonyl (C=O) groups is 1. The quantitative estimate of drug-likeness (QED) is 0.591. The Morgan fingerprint density at radius 1 is 1.26 bits per heavy atom. The Balaban J connectivity index is 1.65. The molecule has 1 aromatic heterocycles. The van der Waals surface area contributed by atoms with Crippen LogP contribution in [0.4, 0.5) is 10.1 Å². The summed E-state index contributed by atoms with van der Waals surface area (Å²) in [5.74, 6) is 0.370. The fourth-order valence-electron chi connectivity index (χ4n) is 2.24. The molecule has 3 rings (SSSR count). The summed E-state index contributed by atoms with van der Waals surface area (Å²) in [5, 5.41) is 3.55. The van der Waals surface area contributed by atoms with Crippen molar-refractivity contribution < 1.29 is 13.9 Å². The van der Waals surface area contributed by atoms with Crippen LogP contribution in [-0.4, -0.2) is 28.3 Å². The number of hydrogen-bond acceptors (Lipinski definition) is 5. The summed E-state index contributed by atoms with van der Waals surface area (Å²) >= 11 is 2.77. The summed E-state index contributed by atoms with van der Waals surface area (Å²) in [6.45, 7) is 0. The third-order valence-electron chi connectivity index (χ3n) is 3.62. The van der Waals surface area contributed by atoms with Crippen LogP contribution >= 0.6 is 23.5 Å². The van der Waals surface area contributed by atoms with E-state index in [2.05, 4.69) is 10.3 Å². The topological polar surface area (TPSA) is 56.1 Å². The van der Waals surface area contributed by atoms with Gasteiger partial charge in [0, 0.05) is 29.2 Å². The van der Waals surface area contributed by atoms with E-state index in [1.807, 2.05) is 42.1 Å². The van der Waals surface area contributed by atoms with Crippen molar-refractivity contribution >= 4 is 35.1 Å². The molecule has 27 heavy (non-hydrogen) atoms. The van der Waals surface area contributed by atoms with Crippen LogP contribution in [0.15, 0.2) is 69.8 Å². The first-order valence-corrected chi connectivity index (χ1v) is 9.87. The van der Waals surface area contributed by atoms with E-state index in [1.165, 1.54) is 35.7 Å². The number of nitrogens with one attached hydrogen (secondary N) is 1. The highest BCUT2D eigenvalue weighted by molar-refractivity contribution is 8.00. The smallest absolute Gasteiger partial charge is 0.234 e. The fraction of sp³-hybridized carbons (Fsp3) is 0.158. The third-order valence-corrected chi connectivity index (χ3v) is 5.79. The van der Waals surface area contributed by atoms with E-state index in [0.717, 1.165) is 20.7 Å². The molecule has 1 heterocycles. The molecule has 3 aromatic rings. The first-order chi connectivity index (χ1) is 13.0. The Labute approximate surface area is 165 Å². The van der Waals surface area contributed by atoms with Crippen molar-refractivity contribution in [1.29, 1.82) is 0 Å². The predicted octanol–water partition coefficient (Wildman–Crippen LogP) is 4.45. The molecule has 2 aromatic carbocycles. The van der Waals surface area contributed by atoms with E-state index in [-0.39, 0.29) is 11.7 Å². The Morgan fingerprint density at radius 3 is 2.70 bits per heavy atom. The Hall–Kier alpha value is -2.45. The maximum Gasteiger partial charge on any atom is 0.234 e. The molecule has 0 spiro atoms. The number of aryl methyl sites for hydroxylation is 1. The molecule has 8 heteroatoms. The first-order valence-electron chi connectivity index (χ1n) is 8.06. The number of methoxy groups -OCH3 is 1. The number of halogens is 1. The minimum absolute atomic E-state index is 0.205. The van der Waals surface area contributed by atoms with E-state index >= 15 is 0 Å². The van der Waals surface area contributed by atoms with Crippen molar-refractivity contribution in [3.05, 3.63) is 60.7 Å². The molecule has 1 amide bonds. The second-order valence-corrected chi connectivity index (χ2v) is 7.63. The van der Waals surface area contributed by atoms with Gasteiger partial charge in [0.1, 0.15) is 11.6 Å². The van der Waals surface area contributed by atoms with Crippen LogP contribution in [0, 0.1) is 5.82 Å². The molecule has 0 aliphatic rings. The van der Waals surface area contributed by atoms with E-state index in [9.17, 15) is 9.18 Å². The molecule has 5 nitrogen and oxygen atoms in total. The van der Waals surface area contributed by atoms with Crippen LogP contribution in [0.1, 0.15) is 0 Å². The van der Waals surface area contributed by atoms with Gasteiger partial charge in [0.2, 0.25) is 5.91 Å². The SMILES string of the molecule is COc1ccc(SCC(=O)Nc2cc(F)ccc2Sc2nccn2C)cc1. The lowest BCUT2D eigenvalue weighted by Gasteiger charge is -2.11. The average molecular weight is 404 g/mol. The maximum absolute atomic E-state index is 13.7. The molecule has 140 valence electrons. The van der Waals surface area contributed by atoms with Crippen molar-refractivity contribution in [3.8, 4) is 5.75 Å². The molecule has 0 fully saturated rings. The lowest BCUT2D eigenvalue weighted by atomic mass is 10.3. The number of ether oxygens (including phenoxy) is 1. The molecule has 0 bridgehead atoms. The number of anilines is 1. The Kier molecular flexibility index (Phi) is 6.41. The molecule has 0 aliphatic carbocycles. The summed E-state index contributed by atoms with van der Waals surface area (Å²) in [7, 11) is 3.48. The van der Waals surface area contributed by atoms with Gasteiger partial charge in [0.15, 0.2) is 5.16 Å². The zero-order chi connectivity index (χ0) is 19.2. The van der Waals surface area contributed by atoms with Gasteiger partial charge in [-0.3, -0.25) is 4.79 Å². The van der Waals surface area contributed by atoms with Crippen LogP contribution in [-0.2, 0) is 11.8 Å². The van der Waals surface area contributed by atoms with E-state index in [1.54, 1.807) is 19.4 Å². The standard InChI is InChI=1S/C19H18FN3O2S2/c1-23-10-9-21-19(23)27-17-8-3-13(20)11-16(17)22-18(24)12-26-15-6-4-14(25-2)5-7-15/h3-11H,12H2,1-2H3,(H,22,24). The third kappa shape index (κ3) is 5.27. The molecule has 0 unspecified atom stereocenters. The monoisotopic (exact) mass is 403 g/mol. The van der Waals surface area contributed by atoms with Gasteiger partial charge in [-0.25, -0.2) is 9.37 Å². The number of thioether (sulfide) groups is 1. The number of amides is 1.